The van der Waals surface area contributed by atoms with E-state index in [9.17, 15) is 4.79 Å². The van der Waals surface area contributed by atoms with E-state index < -0.39 is 0 Å². The van der Waals surface area contributed by atoms with Crippen LogP contribution in [0.15, 0.2) is 24.5 Å². The van der Waals surface area contributed by atoms with E-state index in [-0.39, 0.29) is 5.78 Å². The maximum absolute atomic E-state index is 11.7. The molecule has 1 aromatic heterocycles. The summed E-state index contributed by atoms with van der Waals surface area (Å²) in [7, 11) is 0. The Morgan fingerprint density at radius 3 is 2.39 bits per heavy atom. The number of imidazole rings is 1. The Morgan fingerprint density at radius 2 is 1.89 bits per heavy atom. The van der Waals surface area contributed by atoms with Crippen LogP contribution >= 0.6 is 23.2 Å². The molecule has 0 aliphatic rings. The molecule has 0 unspecified atom stereocenters. The number of carbonyl (C=O) groups excluding carboxylic acids is 1. The van der Waals surface area contributed by atoms with Crippen LogP contribution in [0.5, 0.6) is 0 Å². The predicted molar refractivity (Wildman–Crippen MR) is 73.0 cm³/mol. The van der Waals surface area contributed by atoms with Crippen molar-refractivity contribution in [2.45, 2.75) is 20.3 Å². The summed E-state index contributed by atoms with van der Waals surface area (Å²) in [4.78, 5) is 16.0. The van der Waals surface area contributed by atoms with Gasteiger partial charge in [-0.1, -0.05) is 30.1 Å². The lowest BCUT2D eigenvalue weighted by Crippen LogP contribution is -2.06. The zero-order chi connectivity index (χ0) is 13.3. The number of aryl methyl sites for hydroxylation is 1. The first-order valence-electron chi connectivity index (χ1n) is 5.56. The minimum absolute atomic E-state index is 0.0274. The molecule has 3 nitrogen and oxygen atoms in total. The number of halogens is 2. The zero-order valence-corrected chi connectivity index (χ0v) is 11.6. The minimum Gasteiger partial charge on any atom is -0.296 e. The van der Waals surface area contributed by atoms with Crippen molar-refractivity contribution in [3.63, 3.8) is 0 Å². The second-order valence-electron chi connectivity index (χ2n) is 3.95. The summed E-state index contributed by atoms with van der Waals surface area (Å²) in [5.74, 6) is -0.0274. The van der Waals surface area contributed by atoms with Crippen LogP contribution < -0.4 is 0 Å². The molecular formula is C13H12Cl2N2O. The lowest BCUT2D eigenvalue weighted by atomic mass is 10.2. The smallest absolute Gasteiger partial charge is 0.178 e. The van der Waals surface area contributed by atoms with Gasteiger partial charge in [-0.25, -0.2) is 4.98 Å². The zero-order valence-electron chi connectivity index (χ0n) is 10.1. The molecule has 94 valence electrons. The average Bonchev–Trinajstić information content (AvgIpc) is 2.71. The van der Waals surface area contributed by atoms with Gasteiger partial charge in [0.05, 0.1) is 11.4 Å². The van der Waals surface area contributed by atoms with Gasteiger partial charge in [-0.05, 0) is 24.6 Å². The van der Waals surface area contributed by atoms with Gasteiger partial charge in [0.15, 0.2) is 5.78 Å². The number of rotatable bonds is 3. The van der Waals surface area contributed by atoms with E-state index in [2.05, 4.69) is 4.98 Å². The van der Waals surface area contributed by atoms with Gasteiger partial charge in [0.2, 0.25) is 0 Å². The Kier molecular flexibility index (Phi) is 3.73. The summed E-state index contributed by atoms with van der Waals surface area (Å²) < 4.78 is 1.72. The van der Waals surface area contributed by atoms with E-state index in [0.717, 1.165) is 11.4 Å². The molecule has 0 spiro atoms. The number of hydrogen-bond acceptors (Lipinski definition) is 2. The topological polar surface area (TPSA) is 34.9 Å². The Hall–Kier alpha value is -1.32. The van der Waals surface area contributed by atoms with Crippen molar-refractivity contribution in [3.05, 3.63) is 46.0 Å². The van der Waals surface area contributed by atoms with Crippen LogP contribution in [0.2, 0.25) is 10.0 Å². The summed E-state index contributed by atoms with van der Waals surface area (Å²) in [6, 6.07) is 5.15. The standard InChI is InChI=1S/C13H12Cl2N2O/c1-3-12-13(8(2)18)17(7-16-12)11-5-9(14)4-10(15)6-11/h4-7H,3H2,1-2H3. The number of carbonyl (C=O) groups is 1. The van der Waals surface area contributed by atoms with Gasteiger partial charge < -0.3 is 0 Å². The maximum Gasteiger partial charge on any atom is 0.178 e. The molecule has 0 amide bonds. The Bertz CT molecular complexity index is 585. The number of ketones is 1. The molecule has 0 saturated carbocycles. The van der Waals surface area contributed by atoms with Crippen LogP contribution in [0.3, 0.4) is 0 Å². The molecule has 0 aliphatic heterocycles. The van der Waals surface area contributed by atoms with Crippen molar-refractivity contribution in [1.82, 2.24) is 9.55 Å². The molecule has 0 atom stereocenters. The van der Waals surface area contributed by atoms with Crippen molar-refractivity contribution in [2.24, 2.45) is 0 Å². The summed E-state index contributed by atoms with van der Waals surface area (Å²) >= 11 is 11.9. The summed E-state index contributed by atoms with van der Waals surface area (Å²) in [5, 5.41) is 1.05. The lowest BCUT2D eigenvalue weighted by molar-refractivity contribution is 0.101. The SMILES string of the molecule is CCc1ncn(-c2cc(Cl)cc(Cl)c2)c1C(C)=O. The van der Waals surface area contributed by atoms with E-state index in [0.29, 0.717) is 22.2 Å². The summed E-state index contributed by atoms with van der Waals surface area (Å²) in [6.45, 7) is 3.49. The van der Waals surface area contributed by atoms with Gasteiger partial charge in [0.25, 0.3) is 0 Å². The number of aromatic nitrogens is 2. The number of benzene rings is 1. The van der Waals surface area contributed by atoms with Crippen molar-refractivity contribution in [1.29, 1.82) is 0 Å². The van der Waals surface area contributed by atoms with Gasteiger partial charge in [0, 0.05) is 17.0 Å². The minimum atomic E-state index is -0.0274. The highest BCUT2D eigenvalue weighted by Crippen LogP contribution is 2.24. The number of Topliss-reactive ketones (excluding diaryl/α,β-unsaturated/α-hetero) is 1. The average molecular weight is 283 g/mol. The van der Waals surface area contributed by atoms with Crippen molar-refractivity contribution in [3.8, 4) is 5.69 Å². The highest BCUT2D eigenvalue weighted by molar-refractivity contribution is 6.34. The molecule has 2 aromatic rings. The van der Waals surface area contributed by atoms with Gasteiger partial charge >= 0.3 is 0 Å². The molecule has 0 bridgehead atoms. The second kappa shape index (κ2) is 5.12. The van der Waals surface area contributed by atoms with Crippen LogP contribution in [0, 0.1) is 0 Å². The van der Waals surface area contributed by atoms with Crippen LogP contribution in [-0.2, 0) is 6.42 Å². The molecule has 18 heavy (non-hydrogen) atoms. The van der Waals surface area contributed by atoms with Gasteiger partial charge in [-0.2, -0.15) is 0 Å². The quantitative estimate of drug-likeness (QED) is 0.799. The Morgan fingerprint density at radius 1 is 1.28 bits per heavy atom. The van der Waals surface area contributed by atoms with Crippen molar-refractivity contribution >= 4 is 29.0 Å². The molecule has 5 heteroatoms. The van der Waals surface area contributed by atoms with Gasteiger partial charge in [-0.15, -0.1) is 0 Å². The molecule has 0 radical (unpaired) electrons. The van der Waals surface area contributed by atoms with E-state index in [1.54, 1.807) is 29.1 Å². The highest BCUT2D eigenvalue weighted by Gasteiger charge is 2.15. The first kappa shape index (κ1) is 13.1. The van der Waals surface area contributed by atoms with Gasteiger partial charge in [-0.3, -0.25) is 9.36 Å². The third-order valence-electron chi connectivity index (χ3n) is 2.64. The molecule has 2 rings (SSSR count). The molecule has 0 aliphatic carbocycles. The summed E-state index contributed by atoms with van der Waals surface area (Å²) in [6.07, 6.45) is 2.33. The van der Waals surface area contributed by atoms with Crippen LogP contribution in [-0.4, -0.2) is 15.3 Å². The maximum atomic E-state index is 11.7. The molecule has 0 fully saturated rings. The second-order valence-corrected chi connectivity index (χ2v) is 4.82. The van der Waals surface area contributed by atoms with E-state index in [4.69, 9.17) is 23.2 Å². The molecule has 0 saturated heterocycles. The lowest BCUT2D eigenvalue weighted by Gasteiger charge is -2.08. The molecular weight excluding hydrogens is 271 g/mol. The van der Waals surface area contributed by atoms with E-state index >= 15 is 0 Å². The first-order valence-corrected chi connectivity index (χ1v) is 6.32. The van der Waals surface area contributed by atoms with Crippen LogP contribution in [0.4, 0.5) is 0 Å². The fourth-order valence-electron chi connectivity index (χ4n) is 1.89. The Balaban J connectivity index is 2.63. The monoisotopic (exact) mass is 282 g/mol. The fraction of sp³-hybridized carbons (Fsp3) is 0.231. The van der Waals surface area contributed by atoms with Crippen molar-refractivity contribution in [2.75, 3.05) is 0 Å². The predicted octanol–water partition coefficient (Wildman–Crippen LogP) is 3.94. The van der Waals surface area contributed by atoms with E-state index in [1.165, 1.54) is 6.92 Å². The van der Waals surface area contributed by atoms with Gasteiger partial charge in [0.1, 0.15) is 12.0 Å². The third-order valence-corrected chi connectivity index (χ3v) is 3.07. The largest absolute Gasteiger partial charge is 0.296 e. The number of hydrogen-bond donors (Lipinski definition) is 0. The molecule has 0 N–H and O–H groups in total. The highest BCUT2D eigenvalue weighted by atomic mass is 35.5. The molecule has 1 heterocycles. The van der Waals surface area contributed by atoms with Crippen LogP contribution in [0.1, 0.15) is 30.0 Å². The first-order chi connectivity index (χ1) is 8.52. The summed E-state index contributed by atoms with van der Waals surface area (Å²) in [5.41, 5.74) is 2.10. The molecule has 1 aromatic carbocycles. The Labute approximate surface area is 115 Å². The van der Waals surface area contributed by atoms with E-state index in [1.807, 2.05) is 6.92 Å². The normalized spacial score (nSPS) is 10.7. The fourth-order valence-corrected chi connectivity index (χ4v) is 2.41. The van der Waals surface area contributed by atoms with Crippen LogP contribution in [0.25, 0.3) is 5.69 Å². The number of nitrogens with zero attached hydrogens (tertiary/aromatic N) is 2. The van der Waals surface area contributed by atoms with Crippen molar-refractivity contribution < 1.29 is 4.79 Å². The third kappa shape index (κ3) is 2.42.